The van der Waals surface area contributed by atoms with Crippen LogP contribution in [-0.2, 0) is 6.54 Å². The van der Waals surface area contributed by atoms with E-state index in [-0.39, 0.29) is 12.0 Å². The Morgan fingerprint density at radius 3 is 2.82 bits per heavy atom. The first-order valence-corrected chi connectivity index (χ1v) is 7.67. The number of alkyl halides is 2. The Bertz CT molecular complexity index is 643. The molecule has 1 aliphatic carbocycles. The highest BCUT2D eigenvalue weighted by Gasteiger charge is 2.27. The number of benzene rings is 1. The first-order valence-electron chi connectivity index (χ1n) is 7.67. The Hall–Kier alpha value is -1.53. The van der Waals surface area contributed by atoms with Gasteiger partial charge in [0.15, 0.2) is 0 Å². The zero-order valence-electron chi connectivity index (χ0n) is 12.6. The van der Waals surface area contributed by atoms with Crippen LogP contribution in [0.4, 0.5) is 8.78 Å². The summed E-state index contributed by atoms with van der Waals surface area (Å²) in [6.07, 6.45) is 2.61. The fourth-order valence-corrected chi connectivity index (χ4v) is 3.36. The van der Waals surface area contributed by atoms with Crippen molar-refractivity contribution in [2.75, 3.05) is 13.6 Å². The predicted octanol–water partition coefficient (Wildman–Crippen LogP) is 3.02. The van der Waals surface area contributed by atoms with Gasteiger partial charge >= 0.3 is 6.55 Å². The molecule has 22 heavy (non-hydrogen) atoms. The summed E-state index contributed by atoms with van der Waals surface area (Å²) in [7, 11) is 1.89. The normalized spacial score (nSPS) is 22.3. The Morgan fingerprint density at radius 1 is 1.36 bits per heavy atom. The number of imidazole rings is 1. The van der Waals surface area contributed by atoms with E-state index in [1.807, 2.05) is 11.9 Å². The van der Waals surface area contributed by atoms with E-state index < -0.39 is 6.55 Å². The zero-order valence-corrected chi connectivity index (χ0v) is 12.6. The van der Waals surface area contributed by atoms with Crippen LogP contribution in [0.1, 0.15) is 31.6 Å². The van der Waals surface area contributed by atoms with Crippen LogP contribution in [0.25, 0.3) is 11.0 Å². The van der Waals surface area contributed by atoms with Crippen molar-refractivity contribution in [3.63, 3.8) is 0 Å². The first-order chi connectivity index (χ1) is 10.6. The van der Waals surface area contributed by atoms with Gasteiger partial charge in [-0.1, -0.05) is 18.6 Å². The molecule has 1 N–H and O–H groups in total. The number of aliphatic hydroxyl groups is 1. The monoisotopic (exact) mass is 309 g/mol. The van der Waals surface area contributed by atoms with Crippen molar-refractivity contribution in [1.29, 1.82) is 0 Å². The molecule has 1 aromatic carbocycles. The van der Waals surface area contributed by atoms with E-state index in [0.29, 0.717) is 29.9 Å². The van der Waals surface area contributed by atoms with Gasteiger partial charge in [-0.2, -0.15) is 8.78 Å². The van der Waals surface area contributed by atoms with Crippen LogP contribution in [-0.4, -0.2) is 39.3 Å². The fourth-order valence-electron chi connectivity index (χ4n) is 3.36. The molecule has 1 fully saturated rings. The van der Waals surface area contributed by atoms with E-state index >= 15 is 0 Å². The van der Waals surface area contributed by atoms with E-state index in [1.54, 1.807) is 24.3 Å². The third-order valence-electron chi connectivity index (χ3n) is 4.44. The Labute approximate surface area is 128 Å². The van der Waals surface area contributed by atoms with Crippen LogP contribution < -0.4 is 0 Å². The number of nitrogens with zero attached hydrogens (tertiary/aromatic N) is 3. The number of halogens is 2. The molecule has 6 heteroatoms. The molecular formula is C16H21F2N3O. The number of hydrogen-bond donors (Lipinski definition) is 1. The second kappa shape index (κ2) is 6.30. The van der Waals surface area contributed by atoms with E-state index in [9.17, 15) is 13.9 Å². The van der Waals surface area contributed by atoms with Crippen molar-refractivity contribution in [3.8, 4) is 0 Å². The molecule has 0 spiro atoms. The van der Waals surface area contributed by atoms with E-state index in [0.717, 1.165) is 23.8 Å². The first kappa shape index (κ1) is 15.4. The number of fused-ring (bicyclic) bond motifs is 1. The summed E-state index contributed by atoms with van der Waals surface area (Å²) in [5.41, 5.74) is 1.05. The average Bonchev–Trinajstić information content (AvgIpc) is 3.02. The zero-order chi connectivity index (χ0) is 15.7. The highest BCUT2D eigenvalue weighted by Crippen LogP contribution is 2.27. The lowest BCUT2D eigenvalue weighted by molar-refractivity contribution is 0.0667. The number of rotatable bonds is 5. The van der Waals surface area contributed by atoms with Gasteiger partial charge in [-0.25, -0.2) is 4.98 Å². The lowest BCUT2D eigenvalue weighted by atomic mass is 10.1. The summed E-state index contributed by atoms with van der Waals surface area (Å²) in [6, 6.07) is 6.95. The summed E-state index contributed by atoms with van der Waals surface area (Å²) < 4.78 is 27.7. The van der Waals surface area contributed by atoms with Crippen LogP contribution in [0.3, 0.4) is 0 Å². The molecule has 0 bridgehead atoms. The Balaban J connectivity index is 1.79. The minimum absolute atomic E-state index is 0.231. The predicted molar refractivity (Wildman–Crippen MR) is 80.7 cm³/mol. The van der Waals surface area contributed by atoms with Gasteiger partial charge in [0, 0.05) is 6.54 Å². The molecule has 2 aromatic rings. The molecule has 1 aromatic heterocycles. The third kappa shape index (κ3) is 2.98. The molecule has 4 nitrogen and oxygen atoms in total. The highest BCUT2D eigenvalue weighted by atomic mass is 19.3. The van der Waals surface area contributed by atoms with E-state index in [2.05, 4.69) is 4.98 Å². The van der Waals surface area contributed by atoms with Crippen molar-refractivity contribution < 1.29 is 13.9 Å². The molecule has 1 heterocycles. The van der Waals surface area contributed by atoms with Gasteiger partial charge in [0.05, 0.1) is 23.7 Å². The minimum Gasteiger partial charge on any atom is -0.393 e. The molecule has 0 amide bonds. The average molecular weight is 309 g/mol. The number of para-hydroxylation sites is 2. The Morgan fingerprint density at radius 2 is 2.14 bits per heavy atom. The summed E-state index contributed by atoms with van der Waals surface area (Å²) in [6.45, 7) is -1.55. The maximum Gasteiger partial charge on any atom is 0.320 e. The van der Waals surface area contributed by atoms with Crippen LogP contribution in [0.5, 0.6) is 0 Å². The summed E-state index contributed by atoms with van der Waals surface area (Å²) in [5, 5.41) is 9.89. The molecule has 120 valence electrons. The number of aromatic nitrogens is 2. The van der Waals surface area contributed by atoms with Crippen LogP contribution in [0.2, 0.25) is 0 Å². The van der Waals surface area contributed by atoms with Crippen molar-refractivity contribution in [1.82, 2.24) is 14.5 Å². The molecule has 0 saturated heterocycles. The van der Waals surface area contributed by atoms with Crippen LogP contribution in [0, 0.1) is 5.92 Å². The van der Waals surface area contributed by atoms with Crippen LogP contribution >= 0.6 is 0 Å². The van der Waals surface area contributed by atoms with Crippen LogP contribution in [0.15, 0.2) is 24.3 Å². The number of aliphatic hydroxyl groups excluding tert-OH is 1. The molecule has 3 rings (SSSR count). The molecule has 0 aliphatic heterocycles. The second-order valence-electron chi connectivity index (χ2n) is 6.12. The van der Waals surface area contributed by atoms with Gasteiger partial charge in [-0.15, -0.1) is 0 Å². The van der Waals surface area contributed by atoms with E-state index in [1.165, 1.54) is 0 Å². The van der Waals surface area contributed by atoms with E-state index in [4.69, 9.17) is 0 Å². The summed E-state index contributed by atoms with van der Waals surface area (Å²) >= 11 is 0. The molecule has 2 atom stereocenters. The topological polar surface area (TPSA) is 41.3 Å². The summed E-state index contributed by atoms with van der Waals surface area (Å²) in [5.74, 6) is 0.598. The van der Waals surface area contributed by atoms with Crippen molar-refractivity contribution in [3.05, 3.63) is 30.1 Å². The minimum atomic E-state index is -2.60. The SMILES string of the molecule is CN(Cc1nc2ccccc2n1C(F)F)CC1CCCC1O. The number of hydrogen-bond acceptors (Lipinski definition) is 3. The fraction of sp³-hybridized carbons (Fsp3) is 0.562. The largest absolute Gasteiger partial charge is 0.393 e. The second-order valence-corrected chi connectivity index (χ2v) is 6.12. The third-order valence-corrected chi connectivity index (χ3v) is 4.44. The van der Waals surface area contributed by atoms with Gasteiger partial charge in [0.25, 0.3) is 0 Å². The summed E-state index contributed by atoms with van der Waals surface area (Å²) in [4.78, 5) is 6.32. The molecular weight excluding hydrogens is 288 g/mol. The van der Waals surface area contributed by atoms with Crippen molar-refractivity contribution >= 4 is 11.0 Å². The standard InChI is InChI=1S/C16H21F2N3O/c1-20(9-11-5-4-8-14(11)22)10-15-19-12-6-2-3-7-13(12)21(15)16(17)18/h2-3,6-7,11,14,16,22H,4-5,8-10H2,1H3. The maximum absolute atomic E-state index is 13.4. The molecule has 1 aliphatic rings. The Kier molecular flexibility index (Phi) is 4.40. The molecule has 1 saturated carbocycles. The van der Waals surface area contributed by atoms with Gasteiger partial charge < -0.3 is 5.11 Å². The van der Waals surface area contributed by atoms with Gasteiger partial charge in [-0.3, -0.25) is 9.47 Å². The smallest absolute Gasteiger partial charge is 0.320 e. The quantitative estimate of drug-likeness (QED) is 0.923. The van der Waals surface area contributed by atoms with Gasteiger partial charge in [0.2, 0.25) is 0 Å². The maximum atomic E-state index is 13.4. The lowest BCUT2D eigenvalue weighted by Gasteiger charge is -2.23. The molecule has 0 radical (unpaired) electrons. The molecule has 2 unspecified atom stereocenters. The van der Waals surface area contributed by atoms with Gasteiger partial charge in [-0.05, 0) is 37.9 Å². The van der Waals surface area contributed by atoms with Gasteiger partial charge in [0.1, 0.15) is 5.82 Å². The lowest BCUT2D eigenvalue weighted by Crippen LogP contribution is -2.30. The van der Waals surface area contributed by atoms with Crippen molar-refractivity contribution in [2.45, 2.75) is 38.5 Å². The highest BCUT2D eigenvalue weighted by molar-refractivity contribution is 5.75. The van der Waals surface area contributed by atoms with Crippen molar-refractivity contribution in [2.24, 2.45) is 5.92 Å².